The van der Waals surface area contributed by atoms with E-state index < -0.39 is 0 Å². The van der Waals surface area contributed by atoms with E-state index in [9.17, 15) is 0 Å². The molecular weight excluding hydrogens is 154 g/mol. The van der Waals surface area contributed by atoms with Crippen LogP contribution in [0.25, 0.3) is 0 Å². The summed E-state index contributed by atoms with van der Waals surface area (Å²) >= 11 is 0. The van der Waals surface area contributed by atoms with Crippen LogP contribution in [0.4, 0.5) is 0 Å². The van der Waals surface area contributed by atoms with E-state index in [0.29, 0.717) is 0 Å². The molecule has 0 amide bonds. The van der Waals surface area contributed by atoms with E-state index in [0.717, 1.165) is 19.3 Å². The van der Waals surface area contributed by atoms with Gasteiger partial charge in [0.25, 0.3) is 0 Å². The Morgan fingerprint density at radius 2 is 2.00 bits per heavy atom. The smallest absolute Gasteiger partial charge is 0.0845 e. The molecule has 1 aliphatic carbocycles. The second-order valence-electron chi connectivity index (χ2n) is 3.37. The molecule has 1 aromatic heterocycles. The van der Waals surface area contributed by atoms with Crippen molar-refractivity contribution in [1.29, 1.82) is 0 Å². The second-order valence-corrected chi connectivity index (χ2v) is 3.37. The molecule has 1 fully saturated rings. The lowest BCUT2D eigenvalue weighted by atomic mass is 9.75. The zero-order chi connectivity index (χ0) is 8.44. The van der Waals surface area contributed by atoms with Crippen LogP contribution in [0.1, 0.15) is 25.7 Å². The third-order valence-electron chi connectivity index (χ3n) is 2.70. The summed E-state index contributed by atoms with van der Waals surface area (Å²) in [6.07, 6.45) is 7.59. The van der Waals surface area contributed by atoms with E-state index in [1.54, 1.807) is 17.2 Å². The van der Waals surface area contributed by atoms with Crippen LogP contribution in [0.5, 0.6) is 0 Å². The highest BCUT2D eigenvalue weighted by Crippen LogP contribution is 2.40. The Balaban J connectivity index is 2.17. The molecule has 0 spiro atoms. The molecule has 1 saturated carbocycles. The number of nitrogens with zero attached hydrogens (tertiary/aromatic N) is 3. The number of hydrogen-bond acceptors (Lipinski definition) is 3. The van der Waals surface area contributed by atoms with Gasteiger partial charge < -0.3 is 5.11 Å². The second kappa shape index (κ2) is 2.86. The molecule has 12 heavy (non-hydrogen) atoms. The van der Waals surface area contributed by atoms with Crippen LogP contribution in [0.3, 0.4) is 0 Å². The SMILES string of the molecule is OCCC1(n2nccn2)CCC1. The molecule has 1 aliphatic rings. The molecule has 0 saturated heterocycles. The first kappa shape index (κ1) is 7.73. The minimum absolute atomic E-state index is 0.0399. The summed E-state index contributed by atoms with van der Waals surface area (Å²) in [5.74, 6) is 0. The van der Waals surface area contributed by atoms with E-state index in [4.69, 9.17) is 5.11 Å². The van der Waals surface area contributed by atoms with Gasteiger partial charge in [-0.05, 0) is 25.7 Å². The summed E-state index contributed by atoms with van der Waals surface area (Å²) in [5, 5.41) is 17.1. The van der Waals surface area contributed by atoms with Crippen LogP contribution in [0.2, 0.25) is 0 Å². The fraction of sp³-hybridized carbons (Fsp3) is 0.750. The average molecular weight is 167 g/mol. The van der Waals surface area contributed by atoms with Crippen molar-refractivity contribution in [1.82, 2.24) is 15.0 Å². The van der Waals surface area contributed by atoms with E-state index in [2.05, 4.69) is 10.2 Å². The lowest BCUT2D eigenvalue weighted by Crippen LogP contribution is -2.42. The molecule has 2 rings (SSSR count). The van der Waals surface area contributed by atoms with Crippen LogP contribution in [0.15, 0.2) is 12.4 Å². The van der Waals surface area contributed by atoms with Crippen molar-refractivity contribution in [2.45, 2.75) is 31.2 Å². The fourth-order valence-corrected chi connectivity index (χ4v) is 1.80. The first-order valence-corrected chi connectivity index (χ1v) is 4.35. The predicted octanol–water partition coefficient (Wildman–Crippen LogP) is 0.540. The maximum absolute atomic E-state index is 8.90. The van der Waals surface area contributed by atoms with E-state index in [1.165, 1.54) is 6.42 Å². The molecule has 4 nitrogen and oxygen atoms in total. The summed E-state index contributed by atoms with van der Waals surface area (Å²) in [4.78, 5) is 1.76. The lowest BCUT2D eigenvalue weighted by Gasteiger charge is -2.40. The number of aliphatic hydroxyl groups is 1. The van der Waals surface area contributed by atoms with Crippen molar-refractivity contribution >= 4 is 0 Å². The Bertz CT molecular complexity index is 241. The quantitative estimate of drug-likeness (QED) is 0.714. The number of aromatic nitrogens is 3. The number of aliphatic hydroxyl groups excluding tert-OH is 1. The lowest BCUT2D eigenvalue weighted by molar-refractivity contribution is 0.0679. The minimum Gasteiger partial charge on any atom is -0.396 e. The highest BCUT2D eigenvalue weighted by Gasteiger charge is 2.39. The highest BCUT2D eigenvalue weighted by atomic mass is 16.3. The molecule has 1 heterocycles. The van der Waals surface area contributed by atoms with Crippen LogP contribution < -0.4 is 0 Å². The van der Waals surface area contributed by atoms with Crippen molar-refractivity contribution in [3.05, 3.63) is 12.4 Å². The van der Waals surface area contributed by atoms with Gasteiger partial charge in [0.15, 0.2) is 0 Å². The van der Waals surface area contributed by atoms with E-state index >= 15 is 0 Å². The van der Waals surface area contributed by atoms with Gasteiger partial charge in [0.2, 0.25) is 0 Å². The van der Waals surface area contributed by atoms with Gasteiger partial charge in [-0.2, -0.15) is 15.0 Å². The van der Waals surface area contributed by atoms with Gasteiger partial charge in [-0.3, -0.25) is 0 Å². The normalized spacial score (nSPS) is 20.4. The Morgan fingerprint density at radius 3 is 2.42 bits per heavy atom. The van der Waals surface area contributed by atoms with Gasteiger partial charge in [0.05, 0.1) is 17.9 Å². The van der Waals surface area contributed by atoms with Crippen molar-refractivity contribution in [3.8, 4) is 0 Å². The highest BCUT2D eigenvalue weighted by molar-refractivity contribution is 4.91. The van der Waals surface area contributed by atoms with Crippen molar-refractivity contribution in [2.75, 3.05) is 6.61 Å². The zero-order valence-electron chi connectivity index (χ0n) is 6.98. The van der Waals surface area contributed by atoms with Crippen LogP contribution >= 0.6 is 0 Å². The standard InChI is InChI=1S/C8H13N3O/c12-7-4-8(2-1-3-8)11-9-5-6-10-11/h5-6,12H,1-4,7H2. The van der Waals surface area contributed by atoms with Gasteiger partial charge in [-0.25, -0.2) is 0 Å². The summed E-state index contributed by atoms with van der Waals surface area (Å²) < 4.78 is 0. The molecule has 66 valence electrons. The minimum atomic E-state index is 0.0399. The third kappa shape index (κ3) is 1.03. The molecule has 0 unspecified atom stereocenters. The first-order chi connectivity index (χ1) is 5.87. The molecule has 0 aliphatic heterocycles. The molecule has 0 bridgehead atoms. The molecule has 0 aromatic carbocycles. The van der Waals surface area contributed by atoms with E-state index in [-0.39, 0.29) is 12.1 Å². The molecule has 1 aromatic rings. The van der Waals surface area contributed by atoms with Crippen LogP contribution in [-0.4, -0.2) is 26.7 Å². The van der Waals surface area contributed by atoms with Crippen molar-refractivity contribution in [3.63, 3.8) is 0 Å². The van der Waals surface area contributed by atoms with Gasteiger partial charge in [0.1, 0.15) is 0 Å². The maximum atomic E-state index is 8.90. The molecule has 0 atom stereocenters. The van der Waals surface area contributed by atoms with E-state index in [1.807, 2.05) is 0 Å². The number of hydrogen-bond donors (Lipinski definition) is 1. The molecule has 0 radical (unpaired) electrons. The zero-order valence-corrected chi connectivity index (χ0v) is 6.98. The largest absolute Gasteiger partial charge is 0.396 e. The molecule has 1 N–H and O–H groups in total. The van der Waals surface area contributed by atoms with Crippen LogP contribution in [-0.2, 0) is 5.54 Å². The van der Waals surface area contributed by atoms with Gasteiger partial charge in [-0.1, -0.05) is 0 Å². The maximum Gasteiger partial charge on any atom is 0.0845 e. The predicted molar refractivity (Wildman–Crippen MR) is 43.5 cm³/mol. The summed E-state index contributed by atoms with van der Waals surface area (Å²) in [5.41, 5.74) is 0.0399. The van der Waals surface area contributed by atoms with Crippen LogP contribution in [0, 0.1) is 0 Å². The Hall–Kier alpha value is -0.900. The topological polar surface area (TPSA) is 50.9 Å². The van der Waals surface area contributed by atoms with Gasteiger partial charge >= 0.3 is 0 Å². The van der Waals surface area contributed by atoms with Crippen molar-refractivity contribution in [2.24, 2.45) is 0 Å². The summed E-state index contributed by atoms with van der Waals surface area (Å²) in [6.45, 7) is 0.224. The Kier molecular flexibility index (Phi) is 1.84. The Labute approximate surface area is 71.2 Å². The third-order valence-corrected chi connectivity index (χ3v) is 2.70. The summed E-state index contributed by atoms with van der Waals surface area (Å²) in [7, 11) is 0. The first-order valence-electron chi connectivity index (χ1n) is 4.35. The fourth-order valence-electron chi connectivity index (χ4n) is 1.80. The van der Waals surface area contributed by atoms with Gasteiger partial charge in [0, 0.05) is 6.61 Å². The summed E-state index contributed by atoms with van der Waals surface area (Å²) in [6, 6.07) is 0. The number of rotatable bonds is 3. The van der Waals surface area contributed by atoms with Crippen molar-refractivity contribution < 1.29 is 5.11 Å². The monoisotopic (exact) mass is 167 g/mol. The van der Waals surface area contributed by atoms with Gasteiger partial charge in [-0.15, -0.1) is 0 Å². The average Bonchev–Trinajstić information content (AvgIpc) is 2.48. The molecular formula is C8H13N3O. The Morgan fingerprint density at radius 1 is 1.33 bits per heavy atom. The molecule has 4 heteroatoms.